The Balaban J connectivity index is 2.10. The van der Waals surface area contributed by atoms with E-state index in [0.29, 0.717) is 4.31 Å². The molecule has 0 spiro atoms. The molecule has 1 N–H and O–H groups in total. The van der Waals surface area contributed by atoms with Crippen molar-refractivity contribution in [3.63, 3.8) is 0 Å². The summed E-state index contributed by atoms with van der Waals surface area (Å²) in [5.41, 5.74) is 0.0667. The van der Waals surface area contributed by atoms with Crippen LogP contribution in [0.4, 0.5) is 14.9 Å². The number of hydrogen-bond donors (Lipinski definition) is 1. The first-order valence-electron chi connectivity index (χ1n) is 6.37. The Hall–Kier alpha value is -1.83. The average molecular weight is 375 g/mol. The van der Waals surface area contributed by atoms with Crippen LogP contribution in [-0.2, 0) is 16.6 Å². The zero-order chi connectivity index (χ0) is 16.8. The lowest BCUT2D eigenvalue weighted by atomic mass is 10.2. The number of carbonyl (C=O) groups is 1. The van der Waals surface area contributed by atoms with Gasteiger partial charge in [-0.05, 0) is 18.2 Å². The predicted molar refractivity (Wildman–Crippen MR) is 84.6 cm³/mol. The van der Waals surface area contributed by atoms with E-state index in [2.05, 4.69) is 5.32 Å². The maximum absolute atomic E-state index is 13.8. The van der Waals surface area contributed by atoms with Crippen molar-refractivity contribution in [1.82, 2.24) is 4.31 Å². The number of carbonyl (C=O) groups excluding carboxylic acids is 1. The van der Waals surface area contributed by atoms with Gasteiger partial charge in [-0.2, -0.15) is 0 Å². The molecule has 0 aliphatic carbocycles. The Bertz CT molecular complexity index is 918. The van der Waals surface area contributed by atoms with Gasteiger partial charge in [-0.15, -0.1) is 0 Å². The number of nitrogens with zero attached hydrogens (tertiary/aromatic N) is 1. The van der Waals surface area contributed by atoms with Crippen LogP contribution in [0.2, 0.25) is 10.0 Å². The van der Waals surface area contributed by atoms with E-state index in [4.69, 9.17) is 23.2 Å². The van der Waals surface area contributed by atoms with Crippen LogP contribution in [-0.4, -0.2) is 18.8 Å². The van der Waals surface area contributed by atoms with Gasteiger partial charge in [-0.1, -0.05) is 41.4 Å². The maximum atomic E-state index is 13.8. The van der Waals surface area contributed by atoms with Crippen LogP contribution in [0.25, 0.3) is 0 Å². The summed E-state index contributed by atoms with van der Waals surface area (Å²) in [6.45, 7) is -0.445. The first kappa shape index (κ1) is 16.0. The normalized spacial score (nSPS) is 16.0. The number of fused-ring (bicyclic) bond motifs is 1. The molecule has 1 aliphatic rings. The number of halogens is 3. The quantitative estimate of drug-likeness (QED) is 0.867. The largest absolute Gasteiger partial charge is 0.336 e. The third kappa shape index (κ3) is 2.75. The number of hydrogen-bond acceptors (Lipinski definition) is 3. The second kappa shape index (κ2) is 5.67. The highest BCUT2D eigenvalue weighted by Gasteiger charge is 2.39. The van der Waals surface area contributed by atoms with Gasteiger partial charge in [0.05, 0.1) is 17.3 Å². The fourth-order valence-electron chi connectivity index (χ4n) is 2.25. The summed E-state index contributed by atoms with van der Waals surface area (Å²) in [7, 11) is -4.23. The molecule has 0 aromatic heterocycles. The van der Waals surface area contributed by atoms with Crippen molar-refractivity contribution in [1.29, 1.82) is 0 Å². The molecule has 2 amide bonds. The number of amides is 2. The third-order valence-electron chi connectivity index (χ3n) is 3.30. The molecule has 0 saturated heterocycles. The summed E-state index contributed by atoms with van der Waals surface area (Å²) in [5, 5.41) is 2.47. The Morgan fingerprint density at radius 2 is 1.87 bits per heavy atom. The van der Waals surface area contributed by atoms with Gasteiger partial charge in [0.15, 0.2) is 0 Å². The molecular weight excluding hydrogens is 366 g/mol. The first-order chi connectivity index (χ1) is 10.8. The average Bonchev–Trinajstić information content (AvgIpc) is 2.43. The van der Waals surface area contributed by atoms with E-state index < -0.39 is 28.4 Å². The van der Waals surface area contributed by atoms with E-state index in [-0.39, 0.29) is 26.2 Å². The monoisotopic (exact) mass is 374 g/mol. The molecule has 3 rings (SSSR count). The van der Waals surface area contributed by atoms with Gasteiger partial charge in [0.1, 0.15) is 10.7 Å². The fourth-order valence-corrected chi connectivity index (χ4v) is 4.52. The predicted octanol–water partition coefficient (Wildman–Crippen LogP) is 3.87. The summed E-state index contributed by atoms with van der Waals surface area (Å²) >= 11 is 11.8. The van der Waals surface area contributed by atoms with Crippen molar-refractivity contribution in [2.75, 3.05) is 5.32 Å². The van der Waals surface area contributed by atoms with E-state index in [1.165, 1.54) is 30.3 Å². The third-order valence-corrected chi connectivity index (χ3v) is 5.76. The minimum Gasteiger partial charge on any atom is -0.306 e. The molecule has 1 heterocycles. The molecule has 5 nitrogen and oxygen atoms in total. The number of nitrogens with one attached hydrogen (secondary N) is 1. The first-order valence-corrected chi connectivity index (χ1v) is 8.56. The summed E-state index contributed by atoms with van der Waals surface area (Å²) < 4.78 is 39.6. The molecule has 23 heavy (non-hydrogen) atoms. The van der Waals surface area contributed by atoms with Gasteiger partial charge in [-0.3, -0.25) is 0 Å². The molecule has 0 saturated carbocycles. The number of sulfonamides is 1. The van der Waals surface area contributed by atoms with Crippen LogP contribution in [0.1, 0.15) is 5.56 Å². The van der Waals surface area contributed by atoms with Crippen molar-refractivity contribution in [3.8, 4) is 0 Å². The molecule has 0 atom stereocenters. The molecule has 120 valence electrons. The lowest BCUT2D eigenvalue weighted by Crippen LogP contribution is -2.43. The topological polar surface area (TPSA) is 66.5 Å². The van der Waals surface area contributed by atoms with E-state index in [0.717, 1.165) is 0 Å². The highest BCUT2D eigenvalue weighted by atomic mass is 35.5. The Morgan fingerprint density at radius 1 is 1.17 bits per heavy atom. The summed E-state index contributed by atoms with van der Waals surface area (Å²) in [6.07, 6.45) is 0. The van der Waals surface area contributed by atoms with Crippen LogP contribution < -0.4 is 5.32 Å². The van der Waals surface area contributed by atoms with Crippen molar-refractivity contribution in [2.45, 2.75) is 11.4 Å². The van der Waals surface area contributed by atoms with Crippen molar-refractivity contribution in [3.05, 3.63) is 57.8 Å². The smallest absolute Gasteiger partial charge is 0.306 e. The molecule has 0 radical (unpaired) electrons. The van der Waals surface area contributed by atoms with Gasteiger partial charge < -0.3 is 5.32 Å². The minimum atomic E-state index is -4.23. The Labute approximate surface area is 141 Å². The lowest BCUT2D eigenvalue weighted by molar-refractivity contribution is 0.233. The molecule has 1 aliphatic heterocycles. The Kier molecular flexibility index (Phi) is 3.95. The zero-order valence-corrected chi connectivity index (χ0v) is 13.7. The fraction of sp³-hybridized carbons (Fsp3) is 0.0714. The van der Waals surface area contributed by atoms with Gasteiger partial charge in [-0.25, -0.2) is 21.9 Å². The number of rotatable bonds is 2. The van der Waals surface area contributed by atoms with E-state index in [9.17, 15) is 17.6 Å². The summed E-state index contributed by atoms with van der Waals surface area (Å²) in [4.78, 5) is 11.9. The molecule has 2 aromatic carbocycles. The van der Waals surface area contributed by atoms with E-state index >= 15 is 0 Å². The van der Waals surface area contributed by atoms with Crippen molar-refractivity contribution < 1.29 is 17.6 Å². The molecule has 9 heteroatoms. The van der Waals surface area contributed by atoms with Crippen LogP contribution in [0, 0.1) is 5.82 Å². The maximum Gasteiger partial charge on any atom is 0.336 e. The van der Waals surface area contributed by atoms with Crippen LogP contribution in [0.15, 0.2) is 41.3 Å². The van der Waals surface area contributed by atoms with Crippen LogP contribution >= 0.6 is 23.2 Å². The van der Waals surface area contributed by atoms with Gasteiger partial charge >= 0.3 is 6.03 Å². The van der Waals surface area contributed by atoms with E-state index in [1.807, 2.05) is 0 Å². The standard InChI is InChI=1S/C14H9Cl2FN2O3S/c15-9-5-10(16)13-12(6-9)18-14(20)19(23(13,21)22)7-8-3-1-2-4-11(8)17/h1-6H,7H2,(H,18,20). The highest BCUT2D eigenvalue weighted by molar-refractivity contribution is 7.90. The van der Waals surface area contributed by atoms with Crippen molar-refractivity contribution in [2.24, 2.45) is 0 Å². The van der Waals surface area contributed by atoms with Gasteiger partial charge in [0.25, 0.3) is 10.0 Å². The molecule has 2 aromatic rings. The van der Waals surface area contributed by atoms with Gasteiger partial charge in [0.2, 0.25) is 0 Å². The number of benzene rings is 2. The van der Waals surface area contributed by atoms with Crippen molar-refractivity contribution >= 4 is 44.9 Å². The minimum absolute atomic E-state index is 0.00252. The summed E-state index contributed by atoms with van der Waals surface area (Å²) in [6, 6.07) is 7.25. The number of anilines is 1. The van der Waals surface area contributed by atoms with Crippen LogP contribution in [0.5, 0.6) is 0 Å². The molecule has 0 bridgehead atoms. The SMILES string of the molecule is O=C1Nc2cc(Cl)cc(Cl)c2S(=O)(=O)N1Cc1ccccc1F. The highest BCUT2D eigenvalue weighted by Crippen LogP contribution is 2.38. The Morgan fingerprint density at radius 3 is 2.57 bits per heavy atom. The number of urea groups is 1. The molecule has 0 unspecified atom stereocenters. The second-order valence-electron chi connectivity index (χ2n) is 4.80. The van der Waals surface area contributed by atoms with Crippen LogP contribution in [0.3, 0.4) is 0 Å². The van der Waals surface area contributed by atoms with Gasteiger partial charge in [0, 0.05) is 10.6 Å². The summed E-state index contributed by atoms with van der Waals surface area (Å²) in [5.74, 6) is -0.608. The zero-order valence-electron chi connectivity index (χ0n) is 11.4. The second-order valence-corrected chi connectivity index (χ2v) is 7.44. The molecular formula is C14H9Cl2FN2O3S. The lowest BCUT2D eigenvalue weighted by Gasteiger charge is -2.29. The van der Waals surface area contributed by atoms with E-state index in [1.54, 1.807) is 6.07 Å². The molecule has 0 fully saturated rings.